The van der Waals surface area contributed by atoms with Gasteiger partial charge in [-0.1, -0.05) is 30.3 Å². The Morgan fingerprint density at radius 3 is 2.83 bits per heavy atom. The normalized spacial score (nSPS) is 18.4. The third-order valence-corrected chi connectivity index (χ3v) is 6.92. The number of rotatable bonds is 6. The van der Waals surface area contributed by atoms with Crippen molar-refractivity contribution < 1.29 is 19.0 Å². The zero-order valence-electron chi connectivity index (χ0n) is 20.0. The summed E-state index contributed by atoms with van der Waals surface area (Å²) in [5.74, 6) is 0.418. The van der Waals surface area contributed by atoms with Gasteiger partial charge in [-0.05, 0) is 36.6 Å². The number of β-amino-alcohol motifs (C(OH)–C–C–N with tert-alkyl or cyclic N) is 1. The van der Waals surface area contributed by atoms with Crippen LogP contribution in [0.1, 0.15) is 45.7 Å². The number of aliphatic hydroxyl groups excluding tert-OH is 1. The van der Waals surface area contributed by atoms with Crippen LogP contribution in [0.25, 0.3) is 0 Å². The molecule has 5 rings (SSSR count). The Hall–Kier alpha value is -3.23. The van der Waals surface area contributed by atoms with Gasteiger partial charge in [0.05, 0.1) is 19.8 Å². The lowest BCUT2D eigenvalue weighted by Gasteiger charge is -2.31. The summed E-state index contributed by atoms with van der Waals surface area (Å²) in [7, 11) is 1.64. The first kappa shape index (κ1) is 23.5. The van der Waals surface area contributed by atoms with Gasteiger partial charge in [-0.2, -0.15) is 5.10 Å². The van der Waals surface area contributed by atoms with E-state index >= 15 is 0 Å². The highest BCUT2D eigenvalue weighted by Gasteiger charge is 2.32. The topological polar surface area (TPSA) is 70.8 Å². The average Bonchev–Trinajstić information content (AvgIpc) is 3.22. The molecule has 0 bridgehead atoms. The zero-order chi connectivity index (χ0) is 24.4. The molecular weight excluding hydrogens is 447 g/mol. The molecule has 1 unspecified atom stereocenters. The van der Waals surface area contributed by atoms with Crippen LogP contribution in [-0.2, 0) is 26.1 Å². The average molecular weight is 479 g/mol. The van der Waals surface area contributed by atoms with Crippen molar-refractivity contribution >= 4 is 5.91 Å². The number of carbonyl (C=O) groups excluding carboxylic acids is 1. The molecule has 2 aromatic carbocycles. The molecule has 3 aromatic rings. The van der Waals surface area contributed by atoms with Gasteiger partial charge in [-0.25, -0.2) is 4.39 Å². The predicted octanol–water partition coefficient (Wildman–Crippen LogP) is 3.23. The number of halogens is 1. The SMILES string of the molecule is COc1cccc(Cn2nc(C(=O)N3CCCC(O)C3)c3c2CCN(Cc2ccccc2F)C3)c1. The Morgan fingerprint density at radius 1 is 1.17 bits per heavy atom. The van der Waals surface area contributed by atoms with Crippen LogP contribution in [0.3, 0.4) is 0 Å². The number of methoxy groups -OCH3 is 1. The Kier molecular flexibility index (Phi) is 6.83. The summed E-state index contributed by atoms with van der Waals surface area (Å²) in [6.07, 6.45) is 1.71. The molecule has 0 saturated carbocycles. The van der Waals surface area contributed by atoms with Crippen molar-refractivity contribution in [3.05, 3.63) is 82.4 Å². The first-order valence-electron chi connectivity index (χ1n) is 12.2. The molecule has 1 amide bonds. The van der Waals surface area contributed by atoms with Crippen LogP contribution in [0.5, 0.6) is 5.75 Å². The Morgan fingerprint density at radius 2 is 2.03 bits per heavy atom. The first-order valence-corrected chi connectivity index (χ1v) is 12.2. The molecule has 0 spiro atoms. The van der Waals surface area contributed by atoms with Crippen molar-refractivity contribution in [2.75, 3.05) is 26.7 Å². The molecule has 3 heterocycles. The second-order valence-corrected chi connectivity index (χ2v) is 9.38. The maximum Gasteiger partial charge on any atom is 0.274 e. The van der Waals surface area contributed by atoms with Crippen LogP contribution in [0.2, 0.25) is 0 Å². The van der Waals surface area contributed by atoms with E-state index in [1.807, 2.05) is 35.0 Å². The van der Waals surface area contributed by atoms with Gasteiger partial charge in [0.2, 0.25) is 0 Å². The van der Waals surface area contributed by atoms with E-state index in [0.29, 0.717) is 50.4 Å². The largest absolute Gasteiger partial charge is 0.497 e. The summed E-state index contributed by atoms with van der Waals surface area (Å²) >= 11 is 0. The number of hydrogen-bond donors (Lipinski definition) is 1. The van der Waals surface area contributed by atoms with E-state index in [0.717, 1.165) is 42.0 Å². The third kappa shape index (κ3) is 5.09. The molecule has 35 heavy (non-hydrogen) atoms. The van der Waals surface area contributed by atoms with Crippen molar-refractivity contribution in [3.63, 3.8) is 0 Å². The number of aromatic nitrogens is 2. The van der Waals surface area contributed by atoms with Crippen LogP contribution < -0.4 is 4.74 Å². The lowest BCUT2D eigenvalue weighted by molar-refractivity contribution is 0.0466. The number of ether oxygens (including phenoxy) is 1. The number of nitrogens with zero attached hydrogens (tertiary/aromatic N) is 4. The van der Waals surface area contributed by atoms with E-state index in [4.69, 9.17) is 9.84 Å². The fourth-order valence-corrected chi connectivity index (χ4v) is 5.08. The van der Waals surface area contributed by atoms with Crippen molar-refractivity contribution in [1.82, 2.24) is 19.6 Å². The number of carbonyl (C=O) groups is 1. The van der Waals surface area contributed by atoms with Crippen molar-refractivity contribution in [2.24, 2.45) is 0 Å². The quantitative estimate of drug-likeness (QED) is 0.589. The third-order valence-electron chi connectivity index (χ3n) is 6.92. The molecule has 0 radical (unpaired) electrons. The molecule has 1 aromatic heterocycles. The maximum atomic E-state index is 14.3. The molecule has 1 N–H and O–H groups in total. The van der Waals surface area contributed by atoms with Crippen LogP contribution in [0.4, 0.5) is 4.39 Å². The van der Waals surface area contributed by atoms with Crippen molar-refractivity contribution in [3.8, 4) is 5.75 Å². The highest BCUT2D eigenvalue weighted by Crippen LogP contribution is 2.27. The summed E-state index contributed by atoms with van der Waals surface area (Å²) < 4.78 is 21.6. The van der Waals surface area contributed by atoms with E-state index in [2.05, 4.69) is 4.90 Å². The zero-order valence-corrected chi connectivity index (χ0v) is 20.0. The van der Waals surface area contributed by atoms with E-state index in [-0.39, 0.29) is 11.7 Å². The van der Waals surface area contributed by atoms with E-state index < -0.39 is 6.10 Å². The molecule has 2 aliphatic heterocycles. The van der Waals surface area contributed by atoms with Gasteiger partial charge in [0, 0.05) is 56.0 Å². The number of likely N-dealkylation sites (tertiary alicyclic amines) is 1. The van der Waals surface area contributed by atoms with Gasteiger partial charge in [0.1, 0.15) is 11.6 Å². The summed E-state index contributed by atoms with van der Waals surface area (Å²) in [6, 6.07) is 14.7. The van der Waals surface area contributed by atoms with E-state index in [1.165, 1.54) is 6.07 Å². The molecule has 1 atom stereocenters. The van der Waals surface area contributed by atoms with Gasteiger partial charge in [-0.15, -0.1) is 0 Å². The lowest BCUT2D eigenvalue weighted by atomic mass is 10.0. The number of hydrogen-bond acceptors (Lipinski definition) is 5. The summed E-state index contributed by atoms with van der Waals surface area (Å²) in [4.78, 5) is 17.4. The lowest BCUT2D eigenvalue weighted by Crippen LogP contribution is -2.43. The van der Waals surface area contributed by atoms with Crippen LogP contribution >= 0.6 is 0 Å². The summed E-state index contributed by atoms with van der Waals surface area (Å²) in [5.41, 5.74) is 4.07. The molecular formula is C27H31FN4O3. The molecule has 7 nitrogen and oxygen atoms in total. The van der Waals surface area contributed by atoms with Crippen LogP contribution in [0, 0.1) is 5.82 Å². The van der Waals surface area contributed by atoms with Crippen LogP contribution in [0.15, 0.2) is 48.5 Å². The monoisotopic (exact) mass is 478 g/mol. The van der Waals surface area contributed by atoms with E-state index in [1.54, 1.807) is 24.1 Å². The minimum absolute atomic E-state index is 0.142. The maximum absolute atomic E-state index is 14.3. The molecule has 8 heteroatoms. The predicted molar refractivity (Wildman–Crippen MR) is 130 cm³/mol. The Labute approximate surface area is 204 Å². The highest BCUT2D eigenvalue weighted by atomic mass is 19.1. The van der Waals surface area contributed by atoms with Gasteiger partial charge >= 0.3 is 0 Å². The van der Waals surface area contributed by atoms with Crippen molar-refractivity contribution in [1.29, 1.82) is 0 Å². The first-order chi connectivity index (χ1) is 17.0. The summed E-state index contributed by atoms with van der Waals surface area (Å²) in [6.45, 7) is 3.23. The minimum Gasteiger partial charge on any atom is -0.497 e. The molecule has 1 saturated heterocycles. The van der Waals surface area contributed by atoms with Crippen LogP contribution in [-0.4, -0.2) is 63.4 Å². The second kappa shape index (κ2) is 10.2. The van der Waals surface area contributed by atoms with Gasteiger partial charge < -0.3 is 14.7 Å². The number of aliphatic hydroxyl groups is 1. The molecule has 0 aliphatic carbocycles. The molecule has 184 valence electrons. The van der Waals surface area contributed by atoms with Gasteiger partial charge in [0.25, 0.3) is 5.91 Å². The standard InChI is InChI=1S/C27H31FN4O3/c1-35-22-9-4-6-19(14-22)15-32-25-11-13-30(16-20-7-2-3-10-24(20)28)18-23(25)26(29-32)27(34)31-12-5-8-21(33)17-31/h2-4,6-7,9-10,14,21,33H,5,8,11-13,15-18H2,1H3. The minimum atomic E-state index is -0.500. The number of piperidine rings is 1. The smallest absolute Gasteiger partial charge is 0.274 e. The Balaban J connectivity index is 1.46. The van der Waals surface area contributed by atoms with E-state index in [9.17, 15) is 14.3 Å². The number of amides is 1. The fraction of sp³-hybridized carbons (Fsp3) is 0.407. The summed E-state index contributed by atoms with van der Waals surface area (Å²) in [5, 5.41) is 14.9. The number of benzene rings is 2. The molecule has 2 aliphatic rings. The Bertz CT molecular complexity index is 1210. The van der Waals surface area contributed by atoms with Crippen molar-refractivity contribution in [2.45, 2.75) is 45.0 Å². The molecule has 1 fully saturated rings. The van der Waals surface area contributed by atoms with Gasteiger partial charge in [0.15, 0.2) is 5.69 Å². The van der Waals surface area contributed by atoms with Gasteiger partial charge in [-0.3, -0.25) is 14.4 Å². The second-order valence-electron chi connectivity index (χ2n) is 9.38. The number of fused-ring (bicyclic) bond motifs is 1. The fourth-order valence-electron chi connectivity index (χ4n) is 5.08. The highest BCUT2D eigenvalue weighted by molar-refractivity contribution is 5.94.